The minimum absolute atomic E-state index is 0.00449. The molecule has 6 heterocycles. The number of ether oxygens (including phenoxy) is 18. The Balaban J connectivity index is 0.000000180. The number of aliphatic hydroxyl groups is 1. The molecule has 0 spiro atoms. The lowest BCUT2D eigenvalue weighted by Gasteiger charge is -2.51. The summed E-state index contributed by atoms with van der Waals surface area (Å²) in [6.45, 7) is 39.0. The molecule has 0 aliphatic carbocycles. The second-order valence-electron chi connectivity index (χ2n) is 35.9. The molecule has 6 aliphatic heterocycles. The highest BCUT2D eigenvalue weighted by Gasteiger charge is 2.52. The van der Waals surface area contributed by atoms with E-state index in [1.54, 1.807) is 14.2 Å². The normalized spacial score (nSPS) is 33.3. The van der Waals surface area contributed by atoms with Crippen molar-refractivity contribution in [2.45, 2.75) is 273 Å². The summed E-state index contributed by atoms with van der Waals surface area (Å²) in [5.41, 5.74) is 9.19. The summed E-state index contributed by atoms with van der Waals surface area (Å²) in [6, 6.07) is 81.7. The molecule has 126 heavy (non-hydrogen) atoms. The number of hydrogen-bond donors (Lipinski definition) is 1. The molecule has 1 N–H and O–H groups in total. The van der Waals surface area contributed by atoms with Crippen molar-refractivity contribution in [3.05, 3.63) is 287 Å². The SMILES string of the molecule is CC1OC(COCc2ccccc2)C(C)C(C)C1OCc1ccccc1.CC1OC(COCc2ccccc2)C(C)C(C)C1OCc1ccccc1.COC1OC(C)C(C)C(O)C1OCc1ccccc1.COC1OC(C)C(C)C(OC2OC(COCc3ccccc3)C(C)C(OC3OC(COCc4ccccc4)C(C)C(C)C3C)C2C)C1OCc1ccccc1. The zero-order chi connectivity index (χ0) is 89.4. The predicted molar refractivity (Wildman–Crippen MR) is 490 cm³/mol. The molecule has 19 nitrogen and oxygen atoms in total. The average molecular weight is 1740 g/mol. The van der Waals surface area contributed by atoms with Crippen molar-refractivity contribution in [3.63, 3.8) is 0 Å². The molecule has 0 bridgehead atoms. The van der Waals surface area contributed by atoms with Crippen LogP contribution in [0.5, 0.6) is 0 Å². The number of rotatable bonds is 34. The molecule has 30 atom stereocenters. The molecule has 6 aliphatic rings. The zero-order valence-corrected chi connectivity index (χ0v) is 77.7. The van der Waals surface area contributed by atoms with Crippen molar-refractivity contribution < 1.29 is 90.4 Å². The molecular weight excluding hydrogens is 1590 g/mol. The van der Waals surface area contributed by atoms with Crippen molar-refractivity contribution >= 4 is 0 Å². The van der Waals surface area contributed by atoms with Gasteiger partial charge in [0.05, 0.1) is 159 Å². The van der Waals surface area contributed by atoms with Crippen LogP contribution in [0.3, 0.4) is 0 Å². The Bertz CT molecular complexity index is 4090. The monoisotopic (exact) mass is 1740 g/mol. The maximum absolute atomic E-state index is 10.3. The van der Waals surface area contributed by atoms with Gasteiger partial charge in [-0.1, -0.05) is 319 Å². The third kappa shape index (κ3) is 29.0. The van der Waals surface area contributed by atoms with Crippen LogP contribution < -0.4 is 0 Å². The van der Waals surface area contributed by atoms with Gasteiger partial charge >= 0.3 is 0 Å². The lowest BCUT2D eigenvalue weighted by atomic mass is 9.78. The lowest BCUT2D eigenvalue weighted by Crippen LogP contribution is -2.60. The molecule has 6 saturated heterocycles. The molecule has 19 heteroatoms. The molecular formula is C107H146O19. The van der Waals surface area contributed by atoms with Gasteiger partial charge in [0.25, 0.3) is 0 Å². The predicted octanol–water partition coefficient (Wildman–Crippen LogP) is 20.1. The Kier molecular flexibility index (Phi) is 40.7. The summed E-state index contributed by atoms with van der Waals surface area (Å²) < 4.78 is 113. The Labute approximate surface area is 752 Å². The summed E-state index contributed by atoms with van der Waals surface area (Å²) in [6.07, 6.45) is -4.28. The Morgan fingerprint density at radius 1 is 0.214 bits per heavy atom. The second-order valence-corrected chi connectivity index (χ2v) is 35.9. The lowest BCUT2D eigenvalue weighted by molar-refractivity contribution is -0.357. The molecule has 6 fully saturated rings. The number of aliphatic hydroxyl groups excluding tert-OH is 1. The first-order chi connectivity index (χ1) is 61.1. The van der Waals surface area contributed by atoms with Gasteiger partial charge in [0.15, 0.2) is 25.2 Å². The number of methoxy groups -OCH3 is 2. The summed E-state index contributed by atoms with van der Waals surface area (Å²) in [5, 5.41) is 10.3. The quantitative estimate of drug-likeness (QED) is 0.0401. The first-order valence-corrected chi connectivity index (χ1v) is 46.1. The highest BCUT2D eigenvalue weighted by atomic mass is 16.7. The van der Waals surface area contributed by atoms with Gasteiger partial charge in [-0.05, 0) is 108 Å². The Morgan fingerprint density at radius 2 is 0.476 bits per heavy atom. The molecule has 0 aromatic heterocycles. The van der Waals surface area contributed by atoms with E-state index in [9.17, 15) is 5.11 Å². The number of benzene rings is 8. The Morgan fingerprint density at radius 3 is 0.810 bits per heavy atom. The van der Waals surface area contributed by atoms with E-state index >= 15 is 0 Å². The Hall–Kier alpha value is -7.00. The van der Waals surface area contributed by atoms with E-state index in [2.05, 4.69) is 175 Å². The van der Waals surface area contributed by atoms with Gasteiger partial charge < -0.3 is 90.4 Å². The van der Waals surface area contributed by atoms with Crippen LogP contribution in [-0.2, 0) is 138 Å². The maximum Gasteiger partial charge on any atom is 0.186 e. The molecule has 14 rings (SSSR count). The van der Waals surface area contributed by atoms with Crippen LogP contribution in [0.1, 0.15) is 148 Å². The minimum Gasteiger partial charge on any atom is -0.390 e. The summed E-state index contributed by atoms with van der Waals surface area (Å²) >= 11 is 0. The van der Waals surface area contributed by atoms with E-state index in [-0.39, 0.29) is 103 Å². The fourth-order valence-corrected chi connectivity index (χ4v) is 17.8. The second kappa shape index (κ2) is 51.6. The summed E-state index contributed by atoms with van der Waals surface area (Å²) in [5.74, 6) is 2.35. The van der Waals surface area contributed by atoms with E-state index in [1.165, 1.54) is 22.3 Å². The third-order valence-electron chi connectivity index (χ3n) is 27.1. The van der Waals surface area contributed by atoms with Crippen LogP contribution in [0.4, 0.5) is 0 Å². The van der Waals surface area contributed by atoms with E-state index < -0.39 is 43.5 Å². The molecule has 8 aromatic rings. The van der Waals surface area contributed by atoms with Gasteiger partial charge in [0.2, 0.25) is 0 Å². The number of hydrogen-bond acceptors (Lipinski definition) is 19. The average Bonchev–Trinajstić information content (AvgIpc) is 0.772. The van der Waals surface area contributed by atoms with E-state index in [4.69, 9.17) is 85.3 Å². The van der Waals surface area contributed by atoms with Crippen molar-refractivity contribution in [2.24, 2.45) is 65.1 Å². The standard InChI is InChI=1S/C46H64O9.2C23H30O3.C15H22O4/c1-29-30(2)39(27-48-24-36-18-12-9-13-19-36)52-44(31(29)3)54-41-33(5)40(28-49-25-37-20-14-10-15-21-37)53-45(34(41)6)55-42-32(4)35(7)51-46(47-8)43(42)50-26-38-22-16-11-17-23-38;2*1-17-18(2)23(25-15-21-12-8-5-9-13-21)19(3)26-22(17)16-24-14-20-10-6-4-7-11-20;1-10-11(2)19-15(17-3)14(13(10)16)18-9-12-7-5-4-6-8-12/h9-23,29-35,39-46H,24-28H2,1-8H3;2*4-13,17-19,22-23H,14-16H2,1-3H3;4-8,10-11,13-16H,9H2,1-3H3. The zero-order valence-electron chi connectivity index (χ0n) is 77.7. The van der Waals surface area contributed by atoms with Crippen LogP contribution >= 0.6 is 0 Å². The fraction of sp³-hybridized carbons (Fsp3) is 0.551. The fourth-order valence-electron chi connectivity index (χ4n) is 17.8. The third-order valence-corrected chi connectivity index (χ3v) is 27.1. The highest BCUT2D eigenvalue weighted by molar-refractivity contribution is 5.20. The molecule has 30 unspecified atom stereocenters. The summed E-state index contributed by atoms with van der Waals surface area (Å²) in [4.78, 5) is 0. The first-order valence-electron chi connectivity index (χ1n) is 46.1. The van der Waals surface area contributed by atoms with Crippen LogP contribution in [0.2, 0.25) is 0 Å². The smallest absolute Gasteiger partial charge is 0.186 e. The van der Waals surface area contributed by atoms with E-state index in [0.717, 1.165) is 22.3 Å². The van der Waals surface area contributed by atoms with Crippen molar-refractivity contribution in [1.82, 2.24) is 0 Å². The van der Waals surface area contributed by atoms with Gasteiger partial charge in [-0.25, -0.2) is 0 Å². The minimum atomic E-state index is -0.607. The van der Waals surface area contributed by atoms with Gasteiger partial charge in [0.1, 0.15) is 12.2 Å². The van der Waals surface area contributed by atoms with Crippen molar-refractivity contribution in [3.8, 4) is 0 Å². The van der Waals surface area contributed by atoms with Gasteiger partial charge in [-0.15, -0.1) is 0 Å². The van der Waals surface area contributed by atoms with Crippen LogP contribution in [0.25, 0.3) is 0 Å². The summed E-state index contributed by atoms with van der Waals surface area (Å²) in [7, 11) is 3.22. The van der Waals surface area contributed by atoms with Gasteiger partial charge in [-0.2, -0.15) is 0 Å². The van der Waals surface area contributed by atoms with Crippen molar-refractivity contribution in [2.75, 3.05) is 40.6 Å². The molecule has 0 radical (unpaired) electrons. The molecule has 0 saturated carbocycles. The maximum atomic E-state index is 10.3. The van der Waals surface area contributed by atoms with E-state index in [1.807, 2.05) is 172 Å². The van der Waals surface area contributed by atoms with E-state index in [0.29, 0.717) is 115 Å². The van der Waals surface area contributed by atoms with Crippen LogP contribution in [0.15, 0.2) is 243 Å². The molecule has 8 aromatic carbocycles. The van der Waals surface area contributed by atoms with Gasteiger partial charge in [-0.3, -0.25) is 0 Å². The first kappa shape index (κ1) is 99.6. The highest BCUT2D eigenvalue weighted by Crippen LogP contribution is 2.44. The van der Waals surface area contributed by atoms with Crippen LogP contribution in [-0.4, -0.2) is 162 Å². The largest absolute Gasteiger partial charge is 0.390 e. The molecule has 0 amide bonds. The van der Waals surface area contributed by atoms with Crippen LogP contribution in [0, 0.1) is 65.1 Å². The topological polar surface area (TPSA) is 186 Å². The van der Waals surface area contributed by atoms with Gasteiger partial charge in [0, 0.05) is 43.8 Å². The van der Waals surface area contributed by atoms with Crippen molar-refractivity contribution in [1.29, 1.82) is 0 Å². The molecule has 688 valence electrons.